The van der Waals surface area contributed by atoms with E-state index in [4.69, 9.17) is 14.6 Å². The van der Waals surface area contributed by atoms with Gasteiger partial charge in [0.25, 0.3) is 0 Å². The van der Waals surface area contributed by atoms with Gasteiger partial charge in [-0.3, -0.25) is 19.2 Å². The number of carbonyl (C=O) groups excluding carboxylic acids is 3. The second kappa shape index (κ2) is 8.23. The van der Waals surface area contributed by atoms with E-state index in [-0.39, 0.29) is 25.0 Å². The van der Waals surface area contributed by atoms with Crippen molar-refractivity contribution in [2.24, 2.45) is 0 Å². The molecule has 0 aliphatic heterocycles. The van der Waals surface area contributed by atoms with Crippen LogP contribution in [-0.2, 0) is 28.7 Å². The summed E-state index contributed by atoms with van der Waals surface area (Å²) >= 11 is 0. The molecule has 7 heteroatoms. The van der Waals surface area contributed by atoms with Gasteiger partial charge in [0.05, 0.1) is 12.8 Å². The summed E-state index contributed by atoms with van der Waals surface area (Å²) in [6, 6.07) is 0. The fourth-order valence-electron chi connectivity index (χ4n) is 1.31. The molecule has 108 valence electrons. The van der Waals surface area contributed by atoms with Crippen LogP contribution in [0, 0.1) is 0 Å². The first kappa shape index (κ1) is 17.1. The third-order valence-electron chi connectivity index (χ3n) is 1.97. The molecule has 1 N–H and O–H groups in total. The molecule has 0 amide bonds. The van der Waals surface area contributed by atoms with Crippen molar-refractivity contribution in [3.63, 3.8) is 0 Å². The van der Waals surface area contributed by atoms with Crippen molar-refractivity contribution in [1.29, 1.82) is 0 Å². The number of carbonyl (C=O) groups is 4. The van der Waals surface area contributed by atoms with Crippen molar-refractivity contribution >= 4 is 23.7 Å². The summed E-state index contributed by atoms with van der Waals surface area (Å²) in [6.07, 6.45) is -2.28. The molecule has 0 heterocycles. The molecular formula is C12H18O7. The minimum atomic E-state index is -1.07. The zero-order valence-corrected chi connectivity index (χ0v) is 11.2. The summed E-state index contributed by atoms with van der Waals surface area (Å²) in [6.45, 7) is 4.20. The number of esters is 2. The highest BCUT2D eigenvalue weighted by Crippen LogP contribution is 2.05. The molecule has 0 aromatic rings. The summed E-state index contributed by atoms with van der Waals surface area (Å²) in [5.41, 5.74) is 0. The molecule has 0 radical (unpaired) electrons. The third-order valence-corrected chi connectivity index (χ3v) is 1.97. The first-order valence-corrected chi connectivity index (χ1v) is 5.81. The number of Topliss-reactive ketones (excluding diaryl/α,β-unsaturated/α-hetero) is 1. The number of carboxylic acids is 1. The highest BCUT2D eigenvalue weighted by molar-refractivity contribution is 5.94. The van der Waals surface area contributed by atoms with E-state index < -0.39 is 30.1 Å². The van der Waals surface area contributed by atoms with Crippen LogP contribution in [0.25, 0.3) is 0 Å². The fraction of sp³-hybridized carbons (Fsp3) is 0.667. The lowest BCUT2D eigenvalue weighted by Gasteiger charge is -2.14. The predicted octanol–water partition coefficient (Wildman–Crippen LogP) is 0.694. The number of aliphatic carboxylic acids is 1. The second-order valence-electron chi connectivity index (χ2n) is 4.28. The van der Waals surface area contributed by atoms with E-state index in [2.05, 4.69) is 0 Å². The Balaban J connectivity index is 4.01. The number of carboxylic acid groups (broad SMARTS) is 1. The maximum Gasteiger partial charge on any atom is 0.313 e. The van der Waals surface area contributed by atoms with E-state index in [1.807, 2.05) is 0 Å². The van der Waals surface area contributed by atoms with Crippen molar-refractivity contribution in [3.8, 4) is 0 Å². The number of ether oxygens (including phenoxy) is 2. The summed E-state index contributed by atoms with van der Waals surface area (Å²) < 4.78 is 9.63. The van der Waals surface area contributed by atoms with E-state index in [1.54, 1.807) is 0 Å². The van der Waals surface area contributed by atoms with Crippen molar-refractivity contribution in [1.82, 2.24) is 0 Å². The predicted molar refractivity (Wildman–Crippen MR) is 63.3 cm³/mol. The van der Waals surface area contributed by atoms with Crippen molar-refractivity contribution < 1.29 is 33.8 Å². The van der Waals surface area contributed by atoms with Crippen LogP contribution in [0.4, 0.5) is 0 Å². The molecule has 0 saturated carbocycles. The number of hydrogen-bond acceptors (Lipinski definition) is 6. The number of rotatable bonds is 8. The summed E-state index contributed by atoms with van der Waals surface area (Å²) in [7, 11) is 0. The van der Waals surface area contributed by atoms with Gasteiger partial charge in [0.2, 0.25) is 0 Å². The Labute approximate surface area is 110 Å². The van der Waals surface area contributed by atoms with Gasteiger partial charge in [-0.2, -0.15) is 0 Å². The molecular weight excluding hydrogens is 256 g/mol. The van der Waals surface area contributed by atoms with E-state index in [0.717, 1.165) is 0 Å². The Morgan fingerprint density at radius 3 is 1.89 bits per heavy atom. The monoisotopic (exact) mass is 274 g/mol. The van der Waals surface area contributed by atoms with E-state index in [1.165, 1.54) is 20.8 Å². The zero-order valence-electron chi connectivity index (χ0n) is 11.2. The zero-order chi connectivity index (χ0) is 15.0. The lowest BCUT2D eigenvalue weighted by atomic mass is 10.2. The van der Waals surface area contributed by atoms with Gasteiger partial charge in [0.1, 0.15) is 24.4 Å². The maximum atomic E-state index is 11.4. The highest BCUT2D eigenvalue weighted by Gasteiger charge is 2.18. The smallest absolute Gasteiger partial charge is 0.313 e. The molecule has 0 aliphatic carbocycles. The van der Waals surface area contributed by atoms with E-state index in [0.29, 0.717) is 0 Å². The summed E-state index contributed by atoms with van der Waals surface area (Å²) in [5.74, 6) is -2.75. The van der Waals surface area contributed by atoms with Crippen LogP contribution in [-0.4, -0.2) is 41.0 Å². The first-order chi connectivity index (χ1) is 8.70. The Kier molecular flexibility index (Phi) is 7.40. The van der Waals surface area contributed by atoms with Gasteiger partial charge in [-0.1, -0.05) is 0 Å². The largest absolute Gasteiger partial charge is 0.481 e. The summed E-state index contributed by atoms with van der Waals surface area (Å²) in [4.78, 5) is 43.5. The van der Waals surface area contributed by atoms with Crippen LogP contribution in [0.1, 0.15) is 40.0 Å². The van der Waals surface area contributed by atoms with Gasteiger partial charge in [-0.25, -0.2) is 0 Å². The Hall–Kier alpha value is -1.92. The molecule has 0 aromatic carbocycles. The van der Waals surface area contributed by atoms with Gasteiger partial charge < -0.3 is 14.6 Å². The molecule has 0 aliphatic rings. The van der Waals surface area contributed by atoms with Crippen LogP contribution in [0.2, 0.25) is 0 Å². The molecule has 0 spiro atoms. The van der Waals surface area contributed by atoms with Crippen LogP contribution in [0.5, 0.6) is 0 Å². The lowest BCUT2D eigenvalue weighted by molar-refractivity contribution is -0.157. The average molecular weight is 274 g/mol. The minimum Gasteiger partial charge on any atom is -0.481 e. The molecule has 0 aromatic heterocycles. The third kappa shape index (κ3) is 9.75. The molecule has 7 nitrogen and oxygen atoms in total. The molecule has 2 atom stereocenters. The quantitative estimate of drug-likeness (QED) is 0.512. The van der Waals surface area contributed by atoms with Crippen molar-refractivity contribution in [2.45, 2.75) is 52.2 Å². The molecule has 0 rings (SSSR count). The van der Waals surface area contributed by atoms with Crippen LogP contribution in [0.3, 0.4) is 0 Å². The SMILES string of the molecule is CC(=O)CC(=O)OC(C)CC(=O)OC(C)CC(=O)O. The van der Waals surface area contributed by atoms with Crippen molar-refractivity contribution in [3.05, 3.63) is 0 Å². The molecule has 2 unspecified atom stereocenters. The van der Waals surface area contributed by atoms with E-state index in [9.17, 15) is 19.2 Å². The summed E-state index contributed by atoms with van der Waals surface area (Å²) in [5, 5.41) is 8.49. The first-order valence-electron chi connectivity index (χ1n) is 5.81. The van der Waals surface area contributed by atoms with Gasteiger partial charge in [0.15, 0.2) is 0 Å². The van der Waals surface area contributed by atoms with Gasteiger partial charge in [-0.15, -0.1) is 0 Å². The van der Waals surface area contributed by atoms with Crippen LogP contribution < -0.4 is 0 Å². The van der Waals surface area contributed by atoms with E-state index >= 15 is 0 Å². The minimum absolute atomic E-state index is 0.187. The topological polar surface area (TPSA) is 107 Å². The standard InChI is InChI=1S/C12H18O7/c1-7(13)4-11(16)19-9(3)6-12(17)18-8(2)5-10(14)15/h8-9H,4-6H2,1-3H3,(H,14,15). The second-order valence-corrected chi connectivity index (χ2v) is 4.28. The molecule has 0 bridgehead atoms. The van der Waals surface area contributed by atoms with Gasteiger partial charge in [0, 0.05) is 0 Å². The number of ketones is 1. The number of hydrogen-bond donors (Lipinski definition) is 1. The van der Waals surface area contributed by atoms with Crippen molar-refractivity contribution in [2.75, 3.05) is 0 Å². The van der Waals surface area contributed by atoms with Crippen LogP contribution in [0.15, 0.2) is 0 Å². The molecule has 0 fully saturated rings. The van der Waals surface area contributed by atoms with Gasteiger partial charge >= 0.3 is 17.9 Å². The Morgan fingerprint density at radius 2 is 1.42 bits per heavy atom. The molecule has 0 saturated heterocycles. The van der Waals surface area contributed by atoms with Crippen LogP contribution >= 0.6 is 0 Å². The fourth-order valence-corrected chi connectivity index (χ4v) is 1.31. The maximum absolute atomic E-state index is 11.4. The Bertz CT molecular complexity index is 361. The average Bonchev–Trinajstić information content (AvgIpc) is 2.12. The molecule has 19 heavy (non-hydrogen) atoms. The normalized spacial score (nSPS) is 13.2. The van der Waals surface area contributed by atoms with Gasteiger partial charge in [-0.05, 0) is 20.8 Å². The Morgan fingerprint density at radius 1 is 0.947 bits per heavy atom. The highest BCUT2D eigenvalue weighted by atomic mass is 16.6. The lowest BCUT2D eigenvalue weighted by Crippen LogP contribution is -2.24.